The first kappa shape index (κ1) is 24.2. The standard InChI is InChI=1S/C22H29N5O6/c1-12(22(32)33)25-20(30)18-7-4-8-27(18)21(31)17(26-19(29)15(23)11-28)9-13-10-24-16-6-3-2-5-14(13)16/h2-3,5-6,10,12,15,17-18,24,28H,4,7-9,11,23H2,1H3,(H,25,30)(H,26,29)(H,32,33). The van der Waals surface area contributed by atoms with Crippen LogP contribution < -0.4 is 16.4 Å². The average Bonchev–Trinajstić information content (AvgIpc) is 3.45. The van der Waals surface area contributed by atoms with Crippen molar-refractivity contribution in [2.45, 2.75) is 50.4 Å². The molecule has 1 aliphatic rings. The molecule has 11 heteroatoms. The van der Waals surface area contributed by atoms with Crippen molar-refractivity contribution in [3.05, 3.63) is 36.0 Å². The van der Waals surface area contributed by atoms with Gasteiger partial charge in [-0.3, -0.25) is 19.2 Å². The fourth-order valence-electron chi connectivity index (χ4n) is 3.96. The lowest BCUT2D eigenvalue weighted by molar-refractivity contribution is -0.144. The molecule has 1 fully saturated rings. The van der Waals surface area contributed by atoms with E-state index in [-0.39, 0.29) is 6.42 Å². The number of carboxylic acids is 1. The van der Waals surface area contributed by atoms with Gasteiger partial charge in [0, 0.05) is 30.1 Å². The molecule has 2 heterocycles. The minimum atomic E-state index is -1.20. The molecule has 1 saturated heterocycles. The lowest BCUT2D eigenvalue weighted by atomic mass is 10.0. The van der Waals surface area contributed by atoms with Gasteiger partial charge in [-0.15, -0.1) is 0 Å². The van der Waals surface area contributed by atoms with Crippen LogP contribution in [-0.2, 0) is 25.6 Å². The second kappa shape index (κ2) is 10.5. The predicted molar refractivity (Wildman–Crippen MR) is 119 cm³/mol. The number of carboxylic acid groups (broad SMARTS) is 1. The van der Waals surface area contributed by atoms with Gasteiger partial charge in [0.25, 0.3) is 0 Å². The number of aliphatic carboxylic acids is 1. The van der Waals surface area contributed by atoms with Crippen molar-refractivity contribution < 1.29 is 29.4 Å². The van der Waals surface area contributed by atoms with Crippen molar-refractivity contribution in [3.8, 4) is 0 Å². The van der Waals surface area contributed by atoms with Crippen molar-refractivity contribution in [1.29, 1.82) is 0 Å². The molecule has 0 aliphatic carbocycles. The van der Waals surface area contributed by atoms with Crippen LogP contribution >= 0.6 is 0 Å². The number of aliphatic hydroxyl groups excluding tert-OH is 1. The van der Waals surface area contributed by atoms with Crippen molar-refractivity contribution >= 4 is 34.6 Å². The molecule has 0 saturated carbocycles. The number of hydrogen-bond acceptors (Lipinski definition) is 6. The maximum absolute atomic E-state index is 13.5. The molecule has 1 aromatic heterocycles. The largest absolute Gasteiger partial charge is 0.480 e. The number of likely N-dealkylation sites (tertiary alicyclic amines) is 1. The van der Waals surface area contributed by atoms with E-state index in [0.29, 0.717) is 19.4 Å². The molecule has 3 rings (SSSR count). The summed E-state index contributed by atoms with van der Waals surface area (Å²) in [5.74, 6) is -2.89. The molecule has 11 nitrogen and oxygen atoms in total. The molecule has 178 valence electrons. The SMILES string of the molecule is CC(NC(=O)C1CCCN1C(=O)C(Cc1c[nH]c2ccccc12)NC(=O)C(N)CO)C(=O)O. The van der Waals surface area contributed by atoms with Crippen LogP contribution in [0.4, 0.5) is 0 Å². The highest BCUT2D eigenvalue weighted by atomic mass is 16.4. The third kappa shape index (κ3) is 5.49. The quantitative estimate of drug-likeness (QED) is 0.281. The van der Waals surface area contributed by atoms with E-state index in [4.69, 9.17) is 10.8 Å². The van der Waals surface area contributed by atoms with E-state index in [1.165, 1.54) is 11.8 Å². The molecule has 4 unspecified atom stereocenters. The number of aromatic amines is 1. The van der Waals surface area contributed by atoms with Crippen LogP contribution in [0.3, 0.4) is 0 Å². The zero-order chi connectivity index (χ0) is 24.1. The number of hydrogen-bond donors (Lipinski definition) is 6. The Morgan fingerprint density at radius 3 is 2.67 bits per heavy atom. The van der Waals surface area contributed by atoms with E-state index >= 15 is 0 Å². The van der Waals surface area contributed by atoms with Gasteiger partial charge in [0.05, 0.1) is 6.61 Å². The minimum Gasteiger partial charge on any atom is -0.480 e. The fraction of sp³-hybridized carbons (Fsp3) is 0.455. The van der Waals surface area contributed by atoms with Crippen LogP contribution in [0.1, 0.15) is 25.3 Å². The Kier molecular flexibility index (Phi) is 7.67. The van der Waals surface area contributed by atoms with Gasteiger partial charge in [-0.25, -0.2) is 0 Å². The highest BCUT2D eigenvalue weighted by Crippen LogP contribution is 2.23. The molecule has 1 aromatic carbocycles. The highest BCUT2D eigenvalue weighted by molar-refractivity contribution is 5.95. The lowest BCUT2D eigenvalue weighted by Crippen LogP contribution is -2.57. The van der Waals surface area contributed by atoms with Crippen LogP contribution in [-0.4, -0.2) is 81.1 Å². The monoisotopic (exact) mass is 459 g/mol. The molecular weight excluding hydrogens is 430 g/mol. The van der Waals surface area contributed by atoms with Gasteiger partial charge in [0.1, 0.15) is 24.2 Å². The summed E-state index contributed by atoms with van der Waals surface area (Å²) in [6.45, 7) is 1.06. The molecule has 7 N–H and O–H groups in total. The number of rotatable bonds is 9. The second-order valence-electron chi connectivity index (χ2n) is 8.17. The number of nitrogens with two attached hydrogens (primary N) is 1. The zero-order valence-corrected chi connectivity index (χ0v) is 18.3. The van der Waals surface area contributed by atoms with E-state index in [1.807, 2.05) is 24.3 Å². The number of H-pyrrole nitrogens is 1. The summed E-state index contributed by atoms with van der Waals surface area (Å²) < 4.78 is 0. The smallest absolute Gasteiger partial charge is 0.325 e. The Morgan fingerprint density at radius 2 is 1.97 bits per heavy atom. The van der Waals surface area contributed by atoms with Crippen LogP contribution in [0.25, 0.3) is 10.9 Å². The van der Waals surface area contributed by atoms with Crippen LogP contribution in [0, 0.1) is 0 Å². The molecule has 0 bridgehead atoms. The first-order chi connectivity index (χ1) is 15.7. The Hall–Kier alpha value is -3.44. The number of nitrogens with zero attached hydrogens (tertiary/aromatic N) is 1. The summed E-state index contributed by atoms with van der Waals surface area (Å²) in [4.78, 5) is 54.1. The summed E-state index contributed by atoms with van der Waals surface area (Å²) in [6.07, 6.45) is 2.85. The number of carbonyl (C=O) groups excluding carboxylic acids is 3. The van der Waals surface area contributed by atoms with Crippen molar-refractivity contribution in [1.82, 2.24) is 20.5 Å². The van der Waals surface area contributed by atoms with Crippen molar-refractivity contribution in [3.63, 3.8) is 0 Å². The van der Waals surface area contributed by atoms with Gasteiger partial charge in [-0.2, -0.15) is 0 Å². The first-order valence-electron chi connectivity index (χ1n) is 10.8. The molecule has 33 heavy (non-hydrogen) atoms. The summed E-state index contributed by atoms with van der Waals surface area (Å²) in [5, 5.41) is 24.2. The number of carbonyl (C=O) groups is 4. The van der Waals surface area contributed by atoms with E-state index in [9.17, 15) is 24.3 Å². The lowest BCUT2D eigenvalue weighted by Gasteiger charge is -2.29. The molecular formula is C22H29N5O6. The number of aliphatic hydroxyl groups is 1. The van der Waals surface area contributed by atoms with Gasteiger partial charge in [0.15, 0.2) is 0 Å². The van der Waals surface area contributed by atoms with Gasteiger partial charge < -0.3 is 36.5 Å². The van der Waals surface area contributed by atoms with Crippen LogP contribution in [0.15, 0.2) is 30.5 Å². The third-order valence-electron chi connectivity index (χ3n) is 5.81. The number of benzene rings is 1. The van der Waals surface area contributed by atoms with Gasteiger partial charge in [0.2, 0.25) is 17.7 Å². The van der Waals surface area contributed by atoms with Crippen LogP contribution in [0.5, 0.6) is 0 Å². The highest BCUT2D eigenvalue weighted by Gasteiger charge is 2.39. The number of amides is 3. The van der Waals surface area contributed by atoms with Gasteiger partial charge >= 0.3 is 5.97 Å². The molecule has 2 aromatic rings. The summed E-state index contributed by atoms with van der Waals surface area (Å²) in [5.41, 5.74) is 7.29. The van der Waals surface area contributed by atoms with Gasteiger partial charge in [-0.1, -0.05) is 18.2 Å². The summed E-state index contributed by atoms with van der Waals surface area (Å²) in [7, 11) is 0. The normalized spacial score (nSPS) is 18.5. The van der Waals surface area contributed by atoms with E-state index < -0.39 is 54.5 Å². The Bertz CT molecular complexity index is 1040. The fourth-order valence-corrected chi connectivity index (χ4v) is 3.96. The average molecular weight is 460 g/mol. The van der Waals surface area contributed by atoms with Crippen molar-refractivity contribution in [2.75, 3.05) is 13.2 Å². The first-order valence-corrected chi connectivity index (χ1v) is 10.8. The van der Waals surface area contributed by atoms with Crippen molar-refractivity contribution in [2.24, 2.45) is 5.73 Å². The van der Waals surface area contributed by atoms with E-state index in [0.717, 1.165) is 16.5 Å². The molecule has 4 atom stereocenters. The molecule has 3 amide bonds. The minimum absolute atomic E-state index is 0.142. The number of fused-ring (bicyclic) bond motifs is 1. The summed E-state index contributed by atoms with van der Waals surface area (Å²) >= 11 is 0. The second-order valence-corrected chi connectivity index (χ2v) is 8.17. The Labute approximate surface area is 190 Å². The zero-order valence-electron chi connectivity index (χ0n) is 18.3. The maximum Gasteiger partial charge on any atom is 0.325 e. The number of aromatic nitrogens is 1. The molecule has 0 spiro atoms. The van der Waals surface area contributed by atoms with E-state index in [2.05, 4.69) is 15.6 Å². The molecule has 0 radical (unpaired) electrons. The topological polar surface area (TPSA) is 178 Å². The summed E-state index contributed by atoms with van der Waals surface area (Å²) in [6, 6.07) is 3.36. The predicted octanol–water partition coefficient (Wildman–Crippen LogP) is -0.905. The maximum atomic E-state index is 13.5. The Morgan fingerprint density at radius 1 is 1.24 bits per heavy atom. The number of nitrogens with one attached hydrogen (secondary N) is 3. The van der Waals surface area contributed by atoms with E-state index in [1.54, 1.807) is 6.20 Å². The third-order valence-corrected chi connectivity index (χ3v) is 5.81. The van der Waals surface area contributed by atoms with Gasteiger partial charge in [-0.05, 0) is 31.4 Å². The molecule has 1 aliphatic heterocycles. The Balaban J connectivity index is 1.84. The number of para-hydroxylation sites is 1. The van der Waals surface area contributed by atoms with Crippen LogP contribution in [0.2, 0.25) is 0 Å².